The predicted molar refractivity (Wildman–Crippen MR) is 81.8 cm³/mol. The Hall–Kier alpha value is -1.22. The molecule has 0 aliphatic carbocycles. The van der Waals surface area contributed by atoms with Gasteiger partial charge in [0, 0.05) is 11.7 Å². The molecule has 0 radical (unpaired) electrons. The Labute approximate surface area is 120 Å². The van der Waals surface area contributed by atoms with Crippen molar-refractivity contribution in [3.63, 3.8) is 0 Å². The van der Waals surface area contributed by atoms with Crippen LogP contribution in [0.4, 0.5) is 5.69 Å². The lowest BCUT2D eigenvalue weighted by molar-refractivity contribution is 0.100. The van der Waals surface area contributed by atoms with Crippen LogP contribution in [-0.4, -0.2) is 11.9 Å². The number of hydrogen-bond donors (Lipinski definition) is 2. The fourth-order valence-electron chi connectivity index (χ4n) is 2.04. The molecule has 3 nitrogen and oxygen atoms in total. The molecule has 4 heteroatoms. The smallest absolute Gasteiger partial charge is 0.250 e. The third-order valence-electron chi connectivity index (χ3n) is 3.14. The first-order valence-corrected chi connectivity index (χ1v) is 7.28. The van der Waals surface area contributed by atoms with Gasteiger partial charge in [0.2, 0.25) is 5.91 Å². The molecule has 1 aromatic carbocycles. The van der Waals surface area contributed by atoms with Crippen LogP contribution in [0.5, 0.6) is 0 Å². The van der Waals surface area contributed by atoms with Gasteiger partial charge in [0.1, 0.15) is 0 Å². The molecule has 1 amide bonds. The zero-order valence-electron chi connectivity index (χ0n) is 11.7. The van der Waals surface area contributed by atoms with E-state index in [0.717, 1.165) is 12.1 Å². The van der Waals surface area contributed by atoms with E-state index in [0.29, 0.717) is 16.6 Å². The van der Waals surface area contributed by atoms with E-state index in [4.69, 9.17) is 17.3 Å². The number of nitrogens with one attached hydrogen (secondary N) is 1. The highest BCUT2D eigenvalue weighted by Crippen LogP contribution is 2.21. The van der Waals surface area contributed by atoms with Crippen molar-refractivity contribution in [2.45, 2.75) is 52.0 Å². The second kappa shape index (κ2) is 8.05. The van der Waals surface area contributed by atoms with Crippen molar-refractivity contribution in [3.05, 3.63) is 28.8 Å². The number of unbranched alkanes of at least 4 members (excludes halogenated alkanes) is 3. The summed E-state index contributed by atoms with van der Waals surface area (Å²) in [5.74, 6) is -0.496. The molecule has 0 spiro atoms. The number of nitrogens with two attached hydrogens (primary N) is 1. The minimum atomic E-state index is -0.496. The third kappa shape index (κ3) is 5.52. The Bertz CT molecular complexity index is 421. The maximum absolute atomic E-state index is 11.1. The molecule has 0 saturated heterocycles. The number of anilines is 1. The minimum absolute atomic E-state index is 0.364. The Morgan fingerprint density at radius 3 is 2.68 bits per heavy atom. The maximum Gasteiger partial charge on any atom is 0.250 e. The number of rotatable bonds is 8. The van der Waals surface area contributed by atoms with Crippen LogP contribution in [0, 0.1) is 0 Å². The molecule has 3 N–H and O–H groups in total. The SMILES string of the molecule is CCCCCCC(C)Nc1ccc(C(N)=O)c(Cl)c1. The summed E-state index contributed by atoms with van der Waals surface area (Å²) in [7, 11) is 0. The highest BCUT2D eigenvalue weighted by molar-refractivity contribution is 6.34. The Morgan fingerprint density at radius 1 is 1.37 bits per heavy atom. The van der Waals surface area contributed by atoms with Crippen LogP contribution in [0.25, 0.3) is 0 Å². The topological polar surface area (TPSA) is 55.1 Å². The number of halogens is 1. The molecule has 19 heavy (non-hydrogen) atoms. The van der Waals surface area contributed by atoms with E-state index in [9.17, 15) is 4.79 Å². The van der Waals surface area contributed by atoms with Crippen LogP contribution in [0.2, 0.25) is 5.02 Å². The van der Waals surface area contributed by atoms with Gasteiger partial charge in [-0.1, -0.05) is 44.2 Å². The molecule has 0 saturated carbocycles. The zero-order valence-corrected chi connectivity index (χ0v) is 12.5. The van der Waals surface area contributed by atoms with Gasteiger partial charge in [-0.3, -0.25) is 4.79 Å². The minimum Gasteiger partial charge on any atom is -0.383 e. The molecule has 0 aliphatic heterocycles. The van der Waals surface area contributed by atoms with Crippen molar-refractivity contribution in [2.24, 2.45) is 5.73 Å². The number of amides is 1. The Kier molecular flexibility index (Phi) is 6.71. The third-order valence-corrected chi connectivity index (χ3v) is 3.45. The van der Waals surface area contributed by atoms with E-state index in [1.54, 1.807) is 12.1 Å². The number of carbonyl (C=O) groups is 1. The van der Waals surface area contributed by atoms with Gasteiger partial charge < -0.3 is 11.1 Å². The van der Waals surface area contributed by atoms with Crippen LogP contribution in [0.3, 0.4) is 0 Å². The van der Waals surface area contributed by atoms with Crippen LogP contribution in [-0.2, 0) is 0 Å². The average molecular weight is 283 g/mol. The van der Waals surface area contributed by atoms with Crippen molar-refractivity contribution >= 4 is 23.2 Å². The normalized spacial score (nSPS) is 12.2. The van der Waals surface area contributed by atoms with Gasteiger partial charge >= 0.3 is 0 Å². The van der Waals surface area contributed by atoms with Crippen molar-refractivity contribution < 1.29 is 4.79 Å². The Balaban J connectivity index is 2.48. The van der Waals surface area contributed by atoms with Crippen LogP contribution >= 0.6 is 11.6 Å². The average Bonchev–Trinajstić information content (AvgIpc) is 2.34. The van der Waals surface area contributed by atoms with Gasteiger partial charge in [-0.05, 0) is 31.5 Å². The van der Waals surface area contributed by atoms with E-state index in [1.165, 1.54) is 25.7 Å². The van der Waals surface area contributed by atoms with E-state index < -0.39 is 5.91 Å². The lowest BCUT2D eigenvalue weighted by Gasteiger charge is -2.15. The van der Waals surface area contributed by atoms with Crippen LogP contribution in [0.1, 0.15) is 56.3 Å². The van der Waals surface area contributed by atoms with Crippen molar-refractivity contribution in [1.82, 2.24) is 0 Å². The van der Waals surface area contributed by atoms with Gasteiger partial charge in [0.25, 0.3) is 0 Å². The molecule has 0 fully saturated rings. The van der Waals surface area contributed by atoms with Crippen molar-refractivity contribution in [2.75, 3.05) is 5.32 Å². The Morgan fingerprint density at radius 2 is 2.11 bits per heavy atom. The summed E-state index contributed by atoms with van der Waals surface area (Å²) in [6.07, 6.45) is 6.20. The van der Waals surface area contributed by atoms with E-state index in [1.807, 2.05) is 6.07 Å². The summed E-state index contributed by atoms with van der Waals surface area (Å²) in [4.78, 5) is 11.1. The molecule has 0 aromatic heterocycles. The van der Waals surface area contributed by atoms with Crippen LogP contribution < -0.4 is 11.1 Å². The molecule has 0 aliphatic rings. The summed E-state index contributed by atoms with van der Waals surface area (Å²) in [5, 5.41) is 3.79. The fraction of sp³-hybridized carbons (Fsp3) is 0.533. The summed E-state index contributed by atoms with van der Waals surface area (Å²) < 4.78 is 0. The van der Waals surface area contributed by atoms with Gasteiger partial charge in [0.15, 0.2) is 0 Å². The van der Waals surface area contributed by atoms with Crippen LogP contribution in [0.15, 0.2) is 18.2 Å². The predicted octanol–water partition coefficient (Wildman–Crippen LogP) is 4.21. The van der Waals surface area contributed by atoms with Gasteiger partial charge in [-0.25, -0.2) is 0 Å². The second-order valence-corrected chi connectivity index (χ2v) is 5.36. The van der Waals surface area contributed by atoms with E-state index in [-0.39, 0.29) is 0 Å². The first-order chi connectivity index (χ1) is 9.04. The largest absolute Gasteiger partial charge is 0.383 e. The first-order valence-electron chi connectivity index (χ1n) is 6.90. The highest BCUT2D eigenvalue weighted by Gasteiger charge is 2.08. The second-order valence-electron chi connectivity index (χ2n) is 4.95. The van der Waals surface area contributed by atoms with Gasteiger partial charge in [0.05, 0.1) is 10.6 Å². The number of hydrogen-bond acceptors (Lipinski definition) is 2. The molecule has 1 rings (SSSR count). The van der Waals surface area contributed by atoms with Gasteiger partial charge in [-0.15, -0.1) is 0 Å². The van der Waals surface area contributed by atoms with Crippen molar-refractivity contribution in [3.8, 4) is 0 Å². The molecule has 1 aromatic rings. The summed E-state index contributed by atoms with van der Waals surface area (Å²) in [6, 6.07) is 5.66. The summed E-state index contributed by atoms with van der Waals surface area (Å²) in [6.45, 7) is 4.37. The maximum atomic E-state index is 11.1. The molecular weight excluding hydrogens is 260 g/mol. The molecule has 0 bridgehead atoms. The zero-order chi connectivity index (χ0) is 14.3. The highest BCUT2D eigenvalue weighted by atomic mass is 35.5. The number of primary amides is 1. The molecular formula is C15H23ClN2O. The number of benzene rings is 1. The fourth-order valence-corrected chi connectivity index (χ4v) is 2.31. The molecule has 1 unspecified atom stereocenters. The first kappa shape index (κ1) is 15.8. The van der Waals surface area contributed by atoms with E-state index in [2.05, 4.69) is 19.2 Å². The monoisotopic (exact) mass is 282 g/mol. The standard InChI is InChI=1S/C15H23ClN2O/c1-3-4-5-6-7-11(2)18-12-8-9-13(15(17)19)14(16)10-12/h8-11,18H,3-7H2,1-2H3,(H2,17,19). The summed E-state index contributed by atoms with van der Waals surface area (Å²) >= 11 is 6.01. The molecule has 106 valence electrons. The van der Waals surface area contributed by atoms with E-state index >= 15 is 0 Å². The lowest BCUT2D eigenvalue weighted by Crippen LogP contribution is -2.16. The summed E-state index contributed by atoms with van der Waals surface area (Å²) in [5.41, 5.74) is 6.51. The number of carbonyl (C=O) groups excluding carboxylic acids is 1. The quantitative estimate of drug-likeness (QED) is 0.702. The molecule has 1 atom stereocenters. The van der Waals surface area contributed by atoms with Gasteiger partial charge in [-0.2, -0.15) is 0 Å². The lowest BCUT2D eigenvalue weighted by atomic mass is 10.1. The van der Waals surface area contributed by atoms with Crippen molar-refractivity contribution in [1.29, 1.82) is 0 Å². The molecule has 0 heterocycles.